The van der Waals surface area contributed by atoms with Crippen LogP contribution >= 0.6 is 11.8 Å². The molecule has 3 N–H and O–H groups in total. The fourth-order valence-electron chi connectivity index (χ4n) is 7.54. The molecule has 0 aliphatic heterocycles. The van der Waals surface area contributed by atoms with Crippen LogP contribution in [0.4, 0.5) is 4.79 Å². The predicted octanol–water partition coefficient (Wildman–Crippen LogP) is 9.09. The van der Waals surface area contributed by atoms with Crippen molar-refractivity contribution in [3.8, 4) is 0 Å². The lowest BCUT2D eigenvalue weighted by Crippen LogP contribution is -2.54. The van der Waals surface area contributed by atoms with Gasteiger partial charge in [-0.3, -0.25) is 19.0 Å². The van der Waals surface area contributed by atoms with E-state index in [-0.39, 0.29) is 12.8 Å². The third-order valence-electron chi connectivity index (χ3n) is 10.3. The maximum absolute atomic E-state index is 15.1. The molecular weight excluding hydrogens is 827 g/mol. The highest BCUT2D eigenvalue weighted by Gasteiger charge is 2.42. The molecule has 0 spiro atoms. The fraction of sp³-hybridized carbons (Fsp3) is 0.288. The molecule has 0 bridgehead atoms. The fourth-order valence-corrected chi connectivity index (χ4v) is 9.24. The van der Waals surface area contributed by atoms with Crippen molar-refractivity contribution in [2.24, 2.45) is 0 Å². The number of carboxylic acid groups (broad SMARTS) is 1. The molecule has 332 valence electrons. The van der Waals surface area contributed by atoms with Crippen molar-refractivity contribution in [3.05, 3.63) is 180 Å². The zero-order valence-corrected chi connectivity index (χ0v) is 37.8. The van der Waals surface area contributed by atoms with E-state index in [0.29, 0.717) is 16.5 Å². The molecule has 0 aliphatic rings. The Balaban J connectivity index is 1.38. The van der Waals surface area contributed by atoms with Crippen LogP contribution in [0.3, 0.4) is 0 Å². The Morgan fingerprint density at radius 2 is 1.06 bits per heavy atom. The Hall–Kier alpha value is -6.66. The summed E-state index contributed by atoms with van der Waals surface area (Å²) in [6.45, 7) is 10.3. The van der Waals surface area contributed by atoms with Crippen LogP contribution in [0.2, 0.25) is 0 Å². The van der Waals surface area contributed by atoms with Gasteiger partial charge in [0.1, 0.15) is 23.3 Å². The summed E-state index contributed by atoms with van der Waals surface area (Å²) in [5.41, 5.74) is 2.87. The molecule has 0 radical (unpaired) electrons. The molecule has 2 amide bonds. The summed E-state index contributed by atoms with van der Waals surface area (Å²) in [7, 11) is 0. The Bertz CT molecular complexity index is 2450. The number of rotatable bonds is 16. The molecule has 12 heteroatoms. The van der Waals surface area contributed by atoms with Crippen LogP contribution in [0, 0.1) is 0 Å². The van der Waals surface area contributed by atoms with E-state index in [0.717, 1.165) is 22.3 Å². The van der Waals surface area contributed by atoms with Gasteiger partial charge in [0.25, 0.3) is 0 Å². The van der Waals surface area contributed by atoms with Gasteiger partial charge in [-0.1, -0.05) is 140 Å². The van der Waals surface area contributed by atoms with Gasteiger partial charge in [0.15, 0.2) is 0 Å². The zero-order valence-electron chi connectivity index (χ0n) is 36.9. The Labute approximate surface area is 378 Å². The van der Waals surface area contributed by atoms with Gasteiger partial charge in [-0.05, 0) is 81.8 Å². The molecular formula is C52H55N3O8S. The largest absolute Gasteiger partial charge is 0.480 e. The number of hydrogen-bond acceptors (Lipinski definition) is 8. The average Bonchev–Trinajstić information content (AvgIpc) is 3.63. The van der Waals surface area contributed by atoms with Gasteiger partial charge < -0.3 is 25.2 Å². The number of carbonyl (C=O) groups is 5. The minimum absolute atomic E-state index is 0.231. The number of carbonyl (C=O) groups excluding carboxylic acids is 4. The first-order chi connectivity index (χ1) is 30.4. The quantitative estimate of drug-likeness (QED) is 0.0639. The lowest BCUT2D eigenvalue weighted by molar-refractivity contribution is -0.156. The molecule has 0 saturated heterocycles. The molecule has 5 aromatic carbocycles. The van der Waals surface area contributed by atoms with Crippen molar-refractivity contribution in [3.63, 3.8) is 0 Å². The lowest BCUT2D eigenvalue weighted by atomic mass is 9.84. The number of nitrogens with zero attached hydrogens (tertiary/aromatic N) is 1. The second kappa shape index (κ2) is 20.2. The monoisotopic (exact) mass is 881 g/mol. The van der Waals surface area contributed by atoms with Crippen molar-refractivity contribution in [2.45, 2.75) is 94.1 Å². The standard InChI is InChI=1S/C52H55N3O8S/c1-50(2,3)62-45(56)33-41(46(57)54-42(48(59)60)32-36-34-55(49(61)63-51(4,5)6)43-30-20-19-29-40(36)43)53-47(58)44(31-35-21-11-7-12-22-35)64-52(37-23-13-8-14-24-37,38-25-15-9-16-26-38)39-27-17-10-18-28-39/h7-30,34,41-42,44H,31-33H2,1-6H3,(H,53,58)(H,54,57)(H,59,60). The zero-order chi connectivity index (χ0) is 46.1. The van der Waals surface area contributed by atoms with Crippen LogP contribution in [-0.2, 0) is 46.2 Å². The predicted molar refractivity (Wildman–Crippen MR) is 250 cm³/mol. The molecule has 6 aromatic rings. The summed E-state index contributed by atoms with van der Waals surface area (Å²) < 4.78 is 11.6. The number of esters is 1. The van der Waals surface area contributed by atoms with Crippen molar-refractivity contribution in [1.29, 1.82) is 0 Å². The third kappa shape index (κ3) is 11.9. The Morgan fingerprint density at radius 3 is 1.56 bits per heavy atom. The average molecular weight is 882 g/mol. The van der Waals surface area contributed by atoms with E-state index in [4.69, 9.17) is 9.47 Å². The SMILES string of the molecule is CC(C)(C)OC(=O)CC(NC(=O)C(Cc1ccccc1)SC(c1ccccc1)(c1ccccc1)c1ccccc1)C(=O)NC(Cc1cn(C(=O)OC(C)(C)C)c2ccccc12)C(=O)O. The smallest absolute Gasteiger partial charge is 0.419 e. The van der Waals surface area contributed by atoms with Crippen molar-refractivity contribution in [1.82, 2.24) is 15.2 Å². The van der Waals surface area contributed by atoms with Crippen molar-refractivity contribution in [2.75, 3.05) is 0 Å². The molecule has 0 saturated carbocycles. The number of ether oxygens (including phenoxy) is 2. The van der Waals surface area contributed by atoms with Gasteiger partial charge in [0.05, 0.1) is 21.9 Å². The van der Waals surface area contributed by atoms with Crippen LogP contribution < -0.4 is 10.6 Å². The molecule has 1 heterocycles. The first-order valence-electron chi connectivity index (χ1n) is 21.2. The highest BCUT2D eigenvalue weighted by atomic mass is 32.2. The number of fused-ring (bicyclic) bond motifs is 1. The number of aromatic nitrogens is 1. The van der Waals surface area contributed by atoms with Gasteiger partial charge >= 0.3 is 18.0 Å². The summed E-state index contributed by atoms with van der Waals surface area (Å²) >= 11 is 1.42. The van der Waals surface area contributed by atoms with Crippen LogP contribution in [-0.4, -0.2) is 68.1 Å². The summed E-state index contributed by atoms with van der Waals surface area (Å²) in [5.74, 6) is -3.57. The lowest BCUT2D eigenvalue weighted by Gasteiger charge is -2.38. The number of nitrogens with one attached hydrogen (secondary N) is 2. The number of hydrogen-bond donors (Lipinski definition) is 3. The van der Waals surface area contributed by atoms with E-state index in [2.05, 4.69) is 10.6 Å². The first kappa shape index (κ1) is 46.8. The van der Waals surface area contributed by atoms with E-state index in [1.807, 2.05) is 121 Å². The number of carboxylic acids is 1. The summed E-state index contributed by atoms with van der Waals surface area (Å²) in [4.78, 5) is 69.2. The highest BCUT2D eigenvalue weighted by molar-refractivity contribution is 8.02. The van der Waals surface area contributed by atoms with Gasteiger partial charge in [-0.25, -0.2) is 9.59 Å². The number of benzene rings is 5. The van der Waals surface area contributed by atoms with E-state index in [9.17, 15) is 24.3 Å². The number of thioether (sulfide) groups is 1. The van der Waals surface area contributed by atoms with E-state index < -0.39 is 69.5 Å². The van der Waals surface area contributed by atoms with E-state index >= 15 is 4.79 Å². The molecule has 64 heavy (non-hydrogen) atoms. The first-order valence-corrected chi connectivity index (χ1v) is 22.1. The second-order valence-electron chi connectivity index (χ2n) is 17.6. The number of amides is 2. The molecule has 6 rings (SSSR count). The Kier molecular flexibility index (Phi) is 14.8. The topological polar surface area (TPSA) is 153 Å². The molecule has 11 nitrogen and oxygen atoms in total. The molecule has 0 fully saturated rings. The highest BCUT2D eigenvalue weighted by Crippen LogP contribution is 2.50. The van der Waals surface area contributed by atoms with Crippen LogP contribution in [0.5, 0.6) is 0 Å². The van der Waals surface area contributed by atoms with Gasteiger partial charge in [0.2, 0.25) is 11.8 Å². The third-order valence-corrected chi connectivity index (χ3v) is 12.0. The molecule has 3 atom stereocenters. The molecule has 0 aliphatic carbocycles. The van der Waals surface area contributed by atoms with E-state index in [1.54, 1.807) is 65.8 Å². The maximum atomic E-state index is 15.1. The van der Waals surface area contributed by atoms with Gasteiger partial charge in [-0.2, -0.15) is 0 Å². The van der Waals surface area contributed by atoms with Crippen LogP contribution in [0.25, 0.3) is 10.9 Å². The van der Waals surface area contributed by atoms with Gasteiger partial charge in [-0.15, -0.1) is 11.8 Å². The number of aliphatic carboxylic acids is 1. The van der Waals surface area contributed by atoms with Crippen LogP contribution in [0.1, 0.15) is 75.8 Å². The maximum Gasteiger partial charge on any atom is 0.419 e. The summed E-state index contributed by atoms with van der Waals surface area (Å²) in [5, 5.41) is 15.7. The van der Waals surface area contributed by atoms with E-state index in [1.165, 1.54) is 22.5 Å². The van der Waals surface area contributed by atoms with Crippen molar-refractivity contribution < 1.29 is 38.6 Å². The normalized spacial score (nSPS) is 13.3. The number of para-hydroxylation sites is 1. The van der Waals surface area contributed by atoms with Crippen LogP contribution in [0.15, 0.2) is 152 Å². The minimum Gasteiger partial charge on any atom is -0.480 e. The summed E-state index contributed by atoms with van der Waals surface area (Å²) in [6.07, 6.45) is 0.286. The molecule has 3 unspecified atom stereocenters. The second-order valence-corrected chi connectivity index (χ2v) is 19.0. The van der Waals surface area contributed by atoms with Gasteiger partial charge in [0, 0.05) is 18.0 Å². The van der Waals surface area contributed by atoms with Crippen molar-refractivity contribution >= 4 is 52.5 Å². The summed E-state index contributed by atoms with van der Waals surface area (Å²) in [6, 6.07) is 43.2. The molecule has 1 aromatic heterocycles. The Morgan fingerprint density at radius 1 is 0.594 bits per heavy atom. The minimum atomic E-state index is -1.54.